The number of hydrogen-bond acceptors (Lipinski definition) is 4. The molecule has 2 N–H and O–H groups in total. The number of furan rings is 1. The normalized spacial score (nSPS) is 10.5. The molecule has 0 atom stereocenters. The van der Waals surface area contributed by atoms with Crippen molar-refractivity contribution < 1.29 is 14.3 Å². The molecule has 0 unspecified atom stereocenters. The van der Waals surface area contributed by atoms with E-state index in [1.807, 2.05) is 12.3 Å². The zero-order valence-corrected chi connectivity index (χ0v) is 9.87. The first kappa shape index (κ1) is 12.4. The van der Waals surface area contributed by atoms with Gasteiger partial charge in [0.1, 0.15) is 5.76 Å². The minimum Gasteiger partial charge on any atom is -0.454 e. The fraction of sp³-hybridized carbons (Fsp3) is 0.333. The molecule has 6 heteroatoms. The van der Waals surface area contributed by atoms with Gasteiger partial charge in [0.2, 0.25) is 0 Å². The summed E-state index contributed by atoms with van der Waals surface area (Å²) in [7, 11) is 0. The van der Waals surface area contributed by atoms with Crippen molar-refractivity contribution in [2.45, 2.75) is 13.0 Å². The smallest absolute Gasteiger partial charge is 0.286 e. The summed E-state index contributed by atoms with van der Waals surface area (Å²) in [5.41, 5.74) is 0. The highest BCUT2D eigenvalue weighted by Gasteiger charge is 2.10. The molecule has 0 spiro atoms. The Morgan fingerprint density at radius 1 is 1.50 bits per heavy atom. The molecule has 2 aromatic rings. The number of aliphatic hydroxyl groups excluding tert-OH is 1. The number of carbonyl (C=O) groups is 1. The molecule has 2 heterocycles. The van der Waals surface area contributed by atoms with Gasteiger partial charge in [-0.2, -0.15) is 5.10 Å². The van der Waals surface area contributed by atoms with E-state index >= 15 is 0 Å². The summed E-state index contributed by atoms with van der Waals surface area (Å²) in [6.45, 7) is 0.991. The van der Waals surface area contributed by atoms with Crippen molar-refractivity contribution in [3.05, 3.63) is 42.1 Å². The van der Waals surface area contributed by atoms with E-state index < -0.39 is 0 Å². The quantitative estimate of drug-likeness (QED) is 0.736. The Morgan fingerprint density at radius 2 is 2.39 bits per heavy atom. The molecule has 0 radical (unpaired) electrons. The van der Waals surface area contributed by atoms with Gasteiger partial charge in [0, 0.05) is 25.5 Å². The average molecular weight is 249 g/mol. The number of rotatable bonds is 6. The lowest BCUT2D eigenvalue weighted by Gasteiger charge is -2.01. The van der Waals surface area contributed by atoms with Crippen LogP contribution in [0, 0.1) is 0 Å². The molecule has 0 aliphatic carbocycles. The molecule has 0 fully saturated rings. The van der Waals surface area contributed by atoms with Crippen molar-refractivity contribution in [3.63, 3.8) is 0 Å². The van der Waals surface area contributed by atoms with E-state index in [1.165, 1.54) is 0 Å². The number of nitrogens with one attached hydrogen (secondary N) is 1. The van der Waals surface area contributed by atoms with Crippen LogP contribution in [0.2, 0.25) is 0 Å². The monoisotopic (exact) mass is 249 g/mol. The topological polar surface area (TPSA) is 80.3 Å². The van der Waals surface area contributed by atoms with E-state index in [1.54, 1.807) is 23.0 Å². The molecule has 6 nitrogen and oxygen atoms in total. The Kier molecular flexibility index (Phi) is 4.14. The number of hydrogen-bond donors (Lipinski definition) is 2. The lowest BCUT2D eigenvalue weighted by Crippen LogP contribution is -2.24. The third kappa shape index (κ3) is 3.21. The van der Waals surface area contributed by atoms with Crippen LogP contribution in [0.1, 0.15) is 22.7 Å². The molecule has 0 aliphatic heterocycles. The van der Waals surface area contributed by atoms with E-state index in [0.717, 1.165) is 0 Å². The molecule has 0 aliphatic rings. The largest absolute Gasteiger partial charge is 0.454 e. The summed E-state index contributed by atoms with van der Waals surface area (Å²) >= 11 is 0. The van der Waals surface area contributed by atoms with Gasteiger partial charge in [-0.15, -0.1) is 0 Å². The molecule has 18 heavy (non-hydrogen) atoms. The number of nitrogens with zero attached hydrogens (tertiary/aromatic N) is 2. The molecule has 0 bridgehead atoms. The highest BCUT2D eigenvalue weighted by molar-refractivity contribution is 5.91. The van der Waals surface area contributed by atoms with Gasteiger partial charge in [-0.05, 0) is 24.6 Å². The van der Waals surface area contributed by atoms with Gasteiger partial charge in [-0.1, -0.05) is 0 Å². The number of aliphatic hydroxyl groups is 1. The second-order valence-corrected chi connectivity index (χ2v) is 3.80. The first-order chi connectivity index (χ1) is 8.79. The molecule has 2 rings (SSSR count). The van der Waals surface area contributed by atoms with Crippen molar-refractivity contribution in [3.8, 4) is 0 Å². The first-order valence-corrected chi connectivity index (χ1v) is 5.75. The maximum absolute atomic E-state index is 11.6. The molecule has 1 amide bonds. The van der Waals surface area contributed by atoms with Crippen LogP contribution < -0.4 is 5.32 Å². The Labute approximate surface area is 104 Å². The number of carbonyl (C=O) groups excluding carboxylic acids is 1. The minimum absolute atomic E-state index is 0.0585. The van der Waals surface area contributed by atoms with Gasteiger partial charge in [0.25, 0.3) is 5.91 Å². The molecule has 0 saturated heterocycles. The van der Waals surface area contributed by atoms with Gasteiger partial charge in [0.15, 0.2) is 5.76 Å². The minimum atomic E-state index is -0.268. The lowest BCUT2D eigenvalue weighted by molar-refractivity contribution is 0.0921. The van der Waals surface area contributed by atoms with Crippen LogP contribution in [0.3, 0.4) is 0 Å². The van der Waals surface area contributed by atoms with Crippen molar-refractivity contribution in [2.75, 3.05) is 13.2 Å². The summed E-state index contributed by atoms with van der Waals surface area (Å²) < 4.78 is 7.13. The fourth-order valence-electron chi connectivity index (χ4n) is 1.51. The second kappa shape index (κ2) is 6.02. The van der Waals surface area contributed by atoms with Gasteiger partial charge >= 0.3 is 0 Å². The van der Waals surface area contributed by atoms with Crippen LogP contribution in [-0.2, 0) is 6.54 Å². The van der Waals surface area contributed by atoms with Gasteiger partial charge < -0.3 is 14.8 Å². The van der Waals surface area contributed by atoms with E-state index in [2.05, 4.69) is 10.4 Å². The molecule has 2 aromatic heterocycles. The summed E-state index contributed by atoms with van der Waals surface area (Å²) in [4.78, 5) is 11.6. The van der Waals surface area contributed by atoms with Crippen molar-refractivity contribution >= 4 is 5.91 Å². The van der Waals surface area contributed by atoms with Crippen LogP contribution >= 0.6 is 0 Å². The Balaban J connectivity index is 1.91. The Morgan fingerprint density at radius 3 is 3.11 bits per heavy atom. The second-order valence-electron chi connectivity index (χ2n) is 3.80. The predicted octanol–water partition coefficient (Wildman–Crippen LogP) is 0.637. The summed E-state index contributed by atoms with van der Waals surface area (Å²) in [6, 6.07) is 5.21. The van der Waals surface area contributed by atoms with E-state index in [-0.39, 0.29) is 18.3 Å². The Hall–Kier alpha value is -2.08. The summed E-state index contributed by atoms with van der Waals surface area (Å²) in [5, 5.41) is 15.3. The zero-order chi connectivity index (χ0) is 12.8. The first-order valence-electron chi connectivity index (χ1n) is 5.75. The predicted molar refractivity (Wildman–Crippen MR) is 64.1 cm³/mol. The third-order valence-electron chi connectivity index (χ3n) is 2.38. The van der Waals surface area contributed by atoms with Gasteiger partial charge in [-0.3, -0.25) is 9.48 Å². The highest BCUT2D eigenvalue weighted by Crippen LogP contribution is 2.09. The van der Waals surface area contributed by atoms with Crippen LogP contribution in [0.25, 0.3) is 0 Å². The van der Waals surface area contributed by atoms with Crippen LogP contribution in [-0.4, -0.2) is 33.9 Å². The fourth-order valence-corrected chi connectivity index (χ4v) is 1.51. The molecule has 0 aromatic carbocycles. The third-order valence-corrected chi connectivity index (χ3v) is 2.38. The standard InChI is InChI=1S/C12H15N3O3/c16-8-2-5-13-12(17)11-4-3-10(18-11)9-15-7-1-6-14-15/h1,3-4,6-7,16H,2,5,8-9H2,(H,13,17). The SMILES string of the molecule is O=C(NCCCO)c1ccc(Cn2cccn2)o1. The van der Waals surface area contributed by atoms with Gasteiger partial charge in [0.05, 0.1) is 6.54 Å². The molecular weight excluding hydrogens is 234 g/mol. The van der Waals surface area contributed by atoms with Crippen LogP contribution in [0.4, 0.5) is 0 Å². The maximum atomic E-state index is 11.6. The summed E-state index contributed by atoms with van der Waals surface area (Å²) in [6.07, 6.45) is 4.04. The van der Waals surface area contributed by atoms with Crippen LogP contribution in [0.15, 0.2) is 35.0 Å². The Bertz CT molecular complexity index is 490. The van der Waals surface area contributed by atoms with E-state index in [0.29, 0.717) is 25.3 Å². The highest BCUT2D eigenvalue weighted by atomic mass is 16.4. The van der Waals surface area contributed by atoms with Crippen molar-refractivity contribution in [2.24, 2.45) is 0 Å². The zero-order valence-electron chi connectivity index (χ0n) is 9.87. The number of amides is 1. The van der Waals surface area contributed by atoms with E-state index in [9.17, 15) is 4.79 Å². The van der Waals surface area contributed by atoms with Gasteiger partial charge in [-0.25, -0.2) is 0 Å². The number of aromatic nitrogens is 2. The molecule has 0 saturated carbocycles. The van der Waals surface area contributed by atoms with Crippen molar-refractivity contribution in [1.29, 1.82) is 0 Å². The molecular formula is C12H15N3O3. The maximum Gasteiger partial charge on any atom is 0.286 e. The lowest BCUT2D eigenvalue weighted by atomic mass is 10.4. The average Bonchev–Trinajstić information content (AvgIpc) is 3.01. The van der Waals surface area contributed by atoms with Crippen molar-refractivity contribution in [1.82, 2.24) is 15.1 Å². The van der Waals surface area contributed by atoms with E-state index in [4.69, 9.17) is 9.52 Å². The summed E-state index contributed by atoms with van der Waals surface area (Å²) in [5.74, 6) is 0.677. The van der Waals surface area contributed by atoms with Crippen LogP contribution in [0.5, 0.6) is 0 Å². The molecule has 96 valence electrons.